The van der Waals surface area contributed by atoms with Gasteiger partial charge < -0.3 is 144 Å². The van der Waals surface area contributed by atoms with Crippen molar-refractivity contribution in [3.8, 4) is 0 Å². The highest BCUT2D eigenvalue weighted by Gasteiger charge is 2.71. The number of ether oxygens (including phenoxy) is 10. The van der Waals surface area contributed by atoms with Crippen LogP contribution in [0.25, 0.3) is 0 Å². The first-order valence-corrected chi connectivity index (χ1v) is 31.6. The Kier molecular flexibility index (Phi) is 22.3. The third-order valence-electron chi connectivity index (χ3n) is 22.9. The van der Waals surface area contributed by atoms with Crippen molar-refractivity contribution in [1.82, 2.24) is 0 Å². The first kappa shape index (κ1) is 71.9. The first-order valence-electron chi connectivity index (χ1n) is 31.6. The van der Waals surface area contributed by atoms with Crippen LogP contribution in [0.5, 0.6) is 0 Å². The Morgan fingerprint density at radius 2 is 0.989 bits per heavy atom. The van der Waals surface area contributed by atoms with Crippen LogP contribution < -0.4 is 0 Å². The molecule has 3 saturated carbocycles. The predicted molar refractivity (Wildman–Crippen MR) is 300 cm³/mol. The summed E-state index contributed by atoms with van der Waals surface area (Å²) in [6.45, 7) is 12.3. The van der Waals surface area contributed by atoms with E-state index in [1.54, 1.807) is 0 Å². The fourth-order valence-corrected chi connectivity index (χ4v) is 17.1. The summed E-state index contributed by atoms with van der Waals surface area (Å²) in [5, 5.41) is 206. The Labute approximate surface area is 517 Å². The van der Waals surface area contributed by atoms with Crippen molar-refractivity contribution in [2.45, 2.75) is 284 Å². The van der Waals surface area contributed by atoms with Crippen molar-refractivity contribution in [1.29, 1.82) is 0 Å². The molecule has 5 aliphatic heterocycles. The molecular weight excluding hydrogens is 1180 g/mol. The van der Waals surface area contributed by atoms with E-state index in [9.17, 15) is 97.0 Å². The maximum atomic E-state index is 12.9. The zero-order chi connectivity index (χ0) is 65.5. The summed E-state index contributed by atoms with van der Waals surface area (Å²) in [5.74, 6) is -0.0469. The molecule has 4 aliphatic carbocycles. The molecule has 0 aromatic rings. The van der Waals surface area contributed by atoms with Gasteiger partial charge in [-0.2, -0.15) is 0 Å². The molecule has 19 N–H and O–H groups in total. The molecule has 0 aromatic carbocycles. The van der Waals surface area contributed by atoms with E-state index in [2.05, 4.69) is 33.8 Å². The summed E-state index contributed by atoms with van der Waals surface area (Å²) in [4.78, 5) is 0. The molecule has 4 unspecified atom stereocenters. The van der Waals surface area contributed by atoms with Gasteiger partial charge in [-0.3, -0.25) is 0 Å². The minimum absolute atomic E-state index is 0.0227. The average Bonchev–Trinajstić information content (AvgIpc) is 1.66. The van der Waals surface area contributed by atoms with Crippen molar-refractivity contribution in [2.24, 2.45) is 45.3 Å². The van der Waals surface area contributed by atoms with E-state index in [1.165, 1.54) is 13.8 Å². The monoisotopic (exact) mass is 1290 g/mol. The van der Waals surface area contributed by atoms with E-state index in [0.717, 1.165) is 18.4 Å². The predicted octanol–water partition coefficient (Wildman–Crippen LogP) is -5.41. The van der Waals surface area contributed by atoms with Gasteiger partial charge >= 0.3 is 0 Å². The third-order valence-corrected chi connectivity index (χ3v) is 22.9. The Morgan fingerprint density at radius 1 is 0.517 bits per heavy atom. The number of rotatable bonds is 20. The van der Waals surface area contributed by atoms with Gasteiger partial charge in [0.05, 0.1) is 56.9 Å². The molecule has 0 spiro atoms. The Balaban J connectivity index is 0.896. The zero-order valence-electron chi connectivity index (χ0n) is 51.8. The second-order valence-electron chi connectivity index (χ2n) is 28.7. The number of aliphatic hydroxyl groups is 19. The number of aliphatic hydroxyl groups excluding tert-OH is 18. The van der Waals surface area contributed by atoms with Gasteiger partial charge in [0.25, 0.3) is 0 Å². The molecule has 0 aromatic heterocycles. The van der Waals surface area contributed by atoms with Crippen LogP contribution in [0, 0.1) is 45.3 Å². The van der Waals surface area contributed by atoms with Crippen LogP contribution in [0.15, 0.2) is 11.6 Å². The van der Waals surface area contributed by atoms with Crippen molar-refractivity contribution in [3.63, 3.8) is 0 Å². The van der Waals surface area contributed by atoms with Crippen LogP contribution in [0.2, 0.25) is 0 Å². The molecule has 29 heteroatoms. The zero-order valence-corrected chi connectivity index (χ0v) is 51.8. The molecule has 29 nitrogen and oxygen atoms in total. The molecular formula is C60H102O29. The Morgan fingerprint density at radius 3 is 1.52 bits per heavy atom. The second kappa shape index (κ2) is 27.6. The topological polar surface area (TPSA) is 477 Å². The van der Waals surface area contributed by atoms with E-state index >= 15 is 0 Å². The van der Waals surface area contributed by atoms with Crippen LogP contribution in [0.1, 0.15) is 107 Å². The molecule has 0 bridgehead atoms. The summed E-state index contributed by atoms with van der Waals surface area (Å²) in [6, 6.07) is 0. The molecule has 5 saturated heterocycles. The largest absolute Gasteiger partial charge is 0.394 e. The summed E-state index contributed by atoms with van der Waals surface area (Å²) in [5.41, 5.74) is -2.54. The van der Waals surface area contributed by atoms with Crippen molar-refractivity contribution in [2.75, 3.05) is 33.0 Å². The minimum Gasteiger partial charge on any atom is -0.394 e. The summed E-state index contributed by atoms with van der Waals surface area (Å²) >= 11 is 0. The molecule has 35 atom stereocenters. The van der Waals surface area contributed by atoms with Gasteiger partial charge in [0.2, 0.25) is 0 Å². The van der Waals surface area contributed by atoms with E-state index in [4.69, 9.17) is 47.4 Å². The van der Waals surface area contributed by atoms with Gasteiger partial charge in [-0.05, 0) is 99.7 Å². The van der Waals surface area contributed by atoms with Gasteiger partial charge in [-0.15, -0.1) is 0 Å². The van der Waals surface area contributed by atoms with Gasteiger partial charge in [-0.1, -0.05) is 53.2 Å². The van der Waals surface area contributed by atoms with Crippen molar-refractivity contribution >= 4 is 0 Å². The van der Waals surface area contributed by atoms with Gasteiger partial charge in [0.1, 0.15) is 122 Å². The van der Waals surface area contributed by atoms with E-state index in [0.29, 0.717) is 32.1 Å². The highest BCUT2D eigenvalue weighted by Crippen LogP contribution is 2.75. The van der Waals surface area contributed by atoms with Crippen LogP contribution in [-0.2, 0) is 47.4 Å². The SMILES string of the molecule is C[C@H](CC[C@@H](O[C@@H]1O[C@H](COC2O[C@H](CO)[C@@H](O)[C@H](O)[C@H]2O)[C@@H](O)[C@H](O)[C@H]1O[C@H]1O[C@@H](CO)[C@H](O)[C@@H](O)[C@@H]1O)C(C)(C)O)C1CC[C@@]2(C)C3CC=C4C(CC[C@H](O[C@@H]5O[C@H](CO)[C@@H](O)[C@H](O[C@@H]6O[C@H](CO)[C@@H](O)[C@H](O)[C@H]6O)[C@H]5O)C4(C)C)[C@]3(C)[C@H](O)C[C@]12C. The van der Waals surface area contributed by atoms with Crippen LogP contribution in [-0.4, -0.2) is 308 Å². The van der Waals surface area contributed by atoms with E-state index in [-0.39, 0.29) is 35.5 Å². The quantitative estimate of drug-likeness (QED) is 0.0506. The molecule has 9 aliphatic rings. The molecule has 0 radical (unpaired) electrons. The first-order chi connectivity index (χ1) is 41.7. The lowest BCUT2D eigenvalue weighted by molar-refractivity contribution is -0.380. The summed E-state index contributed by atoms with van der Waals surface area (Å²) in [7, 11) is 0. The molecule has 5 heterocycles. The highest BCUT2D eigenvalue weighted by atomic mass is 16.8. The fraction of sp³-hybridized carbons (Fsp3) is 0.967. The number of allylic oxidation sites excluding steroid dienone is 1. The Hall–Kier alpha value is -1.42. The smallest absolute Gasteiger partial charge is 0.187 e. The Bertz CT molecular complexity index is 2340. The molecule has 8 fully saturated rings. The highest BCUT2D eigenvalue weighted by molar-refractivity contribution is 5.32. The van der Waals surface area contributed by atoms with E-state index in [1.807, 2.05) is 13.8 Å². The maximum absolute atomic E-state index is 12.9. The second-order valence-corrected chi connectivity index (χ2v) is 28.7. The van der Waals surface area contributed by atoms with Gasteiger partial charge in [-0.25, -0.2) is 0 Å². The molecule has 9 rings (SSSR count). The standard InChI is InChI=1S/C60H102O29/c1-23(9-13-35(57(4,5)79)87-55-50(89-53-47(77)43(73)38(68)29(20-63)83-53)44(74)39(69)31(85-55)22-80-51-45(75)41(71)36(66)27(18-61)81-51)24-15-16-58(6)32-12-10-25-26(60(32,8)33(65)17-59(24,58)7)11-14-34(56(25,2)3)86-54-48(78)49(40(70)30(21-64)84-54)88-52-46(76)42(72)37(67)28(19-62)82-52/h10,23-24,26-55,61-79H,9,11-22H2,1-8H3/t23-,24?,26?,27-,28-,29+,30-,31-,32?,33-,34+,35-,36-,37-,38+,39-,40-,41+,42+,43-,44+,45-,46-,47+,48-,49+,50-,51?,52+,53-,54+,55+,58+,59-,60+/m1/s1. The third kappa shape index (κ3) is 13.0. The number of hydrogen-bond donors (Lipinski definition) is 19. The van der Waals surface area contributed by atoms with Crippen LogP contribution >= 0.6 is 0 Å². The van der Waals surface area contributed by atoms with Gasteiger partial charge in [0.15, 0.2) is 31.5 Å². The molecule has 516 valence electrons. The van der Waals surface area contributed by atoms with E-state index < -0.39 is 227 Å². The maximum Gasteiger partial charge on any atom is 0.187 e. The summed E-state index contributed by atoms with van der Waals surface area (Å²) in [6.07, 6.45) is -37.9. The van der Waals surface area contributed by atoms with Crippen LogP contribution in [0.4, 0.5) is 0 Å². The van der Waals surface area contributed by atoms with Gasteiger partial charge in [0, 0.05) is 10.8 Å². The molecule has 89 heavy (non-hydrogen) atoms. The lowest BCUT2D eigenvalue weighted by Gasteiger charge is -2.67. The van der Waals surface area contributed by atoms with Crippen molar-refractivity contribution < 1.29 is 144 Å². The minimum atomic E-state index is -1.96. The molecule has 0 amide bonds. The normalized spacial score (nSPS) is 51.8. The average molecular weight is 1290 g/mol. The fourth-order valence-electron chi connectivity index (χ4n) is 17.1. The summed E-state index contributed by atoms with van der Waals surface area (Å²) < 4.78 is 59.6. The van der Waals surface area contributed by atoms with Crippen molar-refractivity contribution in [3.05, 3.63) is 11.6 Å². The lowest BCUT2D eigenvalue weighted by Crippen LogP contribution is -2.66. The number of fused-ring (bicyclic) bond motifs is 5. The lowest BCUT2D eigenvalue weighted by atomic mass is 9.38. The van der Waals surface area contributed by atoms with Crippen LogP contribution in [0.3, 0.4) is 0 Å². The number of hydrogen-bond acceptors (Lipinski definition) is 29.